The molecule has 0 aliphatic rings. The Morgan fingerprint density at radius 3 is 2.74 bits per heavy atom. The lowest BCUT2D eigenvalue weighted by atomic mass is 10.0. The maximum absolute atomic E-state index is 13.9. The summed E-state index contributed by atoms with van der Waals surface area (Å²) in [5.74, 6) is 1.01. The van der Waals surface area contributed by atoms with Gasteiger partial charge in [0.25, 0.3) is 0 Å². The molecule has 5 heteroatoms. The van der Waals surface area contributed by atoms with Gasteiger partial charge in [0, 0.05) is 16.6 Å². The van der Waals surface area contributed by atoms with Crippen LogP contribution < -0.4 is 5.32 Å². The van der Waals surface area contributed by atoms with Crippen molar-refractivity contribution in [3.8, 4) is 0 Å². The summed E-state index contributed by atoms with van der Waals surface area (Å²) in [4.78, 5) is 8.03. The molecule has 1 aromatic heterocycles. The maximum Gasteiger partial charge on any atom is 0.127 e. The highest BCUT2D eigenvalue weighted by atomic mass is 79.9. The van der Waals surface area contributed by atoms with Crippen LogP contribution in [-0.4, -0.2) is 9.97 Å². The SMILES string of the molecule is CC(C)C(NCc1cc(Br)ccc1F)c1nc2ccccc2[nH]1. The molecule has 0 bridgehead atoms. The molecule has 2 N–H and O–H groups in total. The van der Waals surface area contributed by atoms with Gasteiger partial charge in [-0.15, -0.1) is 0 Å². The first-order chi connectivity index (χ1) is 11.0. The van der Waals surface area contributed by atoms with E-state index in [0.29, 0.717) is 18.0 Å². The molecular formula is C18H19BrFN3. The summed E-state index contributed by atoms with van der Waals surface area (Å²) < 4.78 is 14.8. The number of hydrogen-bond acceptors (Lipinski definition) is 2. The Morgan fingerprint density at radius 2 is 2.00 bits per heavy atom. The van der Waals surface area contributed by atoms with E-state index in [1.165, 1.54) is 6.07 Å². The molecular weight excluding hydrogens is 357 g/mol. The van der Waals surface area contributed by atoms with Gasteiger partial charge in [-0.3, -0.25) is 0 Å². The van der Waals surface area contributed by atoms with Crippen LogP contribution in [0.4, 0.5) is 4.39 Å². The molecule has 2 aromatic carbocycles. The van der Waals surface area contributed by atoms with Crippen molar-refractivity contribution in [2.24, 2.45) is 5.92 Å². The van der Waals surface area contributed by atoms with Crippen LogP contribution in [0.5, 0.6) is 0 Å². The first-order valence-corrected chi connectivity index (χ1v) is 8.46. The van der Waals surface area contributed by atoms with E-state index in [9.17, 15) is 4.39 Å². The van der Waals surface area contributed by atoms with Gasteiger partial charge >= 0.3 is 0 Å². The van der Waals surface area contributed by atoms with Gasteiger partial charge in [-0.1, -0.05) is 41.9 Å². The minimum absolute atomic E-state index is 0.0285. The summed E-state index contributed by atoms with van der Waals surface area (Å²) in [6.45, 7) is 4.70. The van der Waals surface area contributed by atoms with Crippen LogP contribution in [0.25, 0.3) is 11.0 Å². The number of benzene rings is 2. The minimum atomic E-state index is -0.201. The van der Waals surface area contributed by atoms with Crippen molar-refractivity contribution in [2.75, 3.05) is 0 Å². The van der Waals surface area contributed by atoms with Crippen molar-refractivity contribution < 1.29 is 4.39 Å². The zero-order valence-corrected chi connectivity index (χ0v) is 14.7. The molecule has 0 saturated heterocycles. The number of imidazole rings is 1. The van der Waals surface area contributed by atoms with Gasteiger partial charge in [0.15, 0.2) is 0 Å². The molecule has 0 aliphatic carbocycles. The van der Waals surface area contributed by atoms with E-state index in [-0.39, 0.29) is 11.9 Å². The van der Waals surface area contributed by atoms with Crippen molar-refractivity contribution in [3.63, 3.8) is 0 Å². The second kappa shape index (κ2) is 6.81. The number of fused-ring (bicyclic) bond motifs is 1. The maximum atomic E-state index is 13.9. The summed E-state index contributed by atoms with van der Waals surface area (Å²) >= 11 is 3.39. The van der Waals surface area contributed by atoms with E-state index in [1.807, 2.05) is 24.3 Å². The summed E-state index contributed by atoms with van der Waals surface area (Å²) in [6.07, 6.45) is 0. The van der Waals surface area contributed by atoms with E-state index in [1.54, 1.807) is 12.1 Å². The van der Waals surface area contributed by atoms with Crippen molar-refractivity contribution in [2.45, 2.75) is 26.4 Å². The monoisotopic (exact) mass is 375 g/mol. The number of aromatic nitrogens is 2. The largest absolute Gasteiger partial charge is 0.341 e. The lowest BCUT2D eigenvalue weighted by molar-refractivity contribution is 0.392. The van der Waals surface area contributed by atoms with Crippen molar-refractivity contribution in [3.05, 3.63) is 64.1 Å². The number of H-pyrrole nitrogens is 1. The molecule has 23 heavy (non-hydrogen) atoms. The normalized spacial score (nSPS) is 12.9. The molecule has 0 aliphatic heterocycles. The molecule has 0 amide bonds. The van der Waals surface area contributed by atoms with Gasteiger partial charge in [-0.05, 0) is 36.2 Å². The highest BCUT2D eigenvalue weighted by Gasteiger charge is 2.19. The lowest BCUT2D eigenvalue weighted by Gasteiger charge is -2.20. The van der Waals surface area contributed by atoms with Crippen molar-refractivity contribution in [1.82, 2.24) is 15.3 Å². The van der Waals surface area contributed by atoms with E-state index >= 15 is 0 Å². The average Bonchev–Trinajstić information content (AvgIpc) is 2.94. The Balaban J connectivity index is 1.83. The number of nitrogens with one attached hydrogen (secondary N) is 2. The number of hydrogen-bond donors (Lipinski definition) is 2. The lowest BCUT2D eigenvalue weighted by Crippen LogP contribution is -2.26. The first kappa shape index (κ1) is 16.1. The van der Waals surface area contributed by atoms with Gasteiger partial charge < -0.3 is 10.3 Å². The fourth-order valence-corrected chi connectivity index (χ4v) is 3.08. The molecule has 3 aromatic rings. The quantitative estimate of drug-likeness (QED) is 0.662. The number of para-hydroxylation sites is 2. The third kappa shape index (κ3) is 3.62. The average molecular weight is 376 g/mol. The van der Waals surface area contributed by atoms with Crippen LogP contribution >= 0.6 is 15.9 Å². The second-order valence-electron chi connectivity index (χ2n) is 5.98. The highest BCUT2D eigenvalue weighted by Crippen LogP contribution is 2.23. The molecule has 120 valence electrons. The molecule has 1 atom stereocenters. The standard InChI is InChI=1S/C18H19BrFN3/c1-11(2)17(18-22-15-5-3-4-6-16(15)23-18)21-10-12-9-13(19)7-8-14(12)20/h3-9,11,17,21H,10H2,1-2H3,(H,22,23). The molecule has 0 radical (unpaired) electrons. The van der Waals surface area contributed by atoms with E-state index in [2.05, 4.69) is 45.1 Å². The zero-order chi connectivity index (χ0) is 16.4. The van der Waals surface area contributed by atoms with Gasteiger partial charge in [-0.25, -0.2) is 9.37 Å². The van der Waals surface area contributed by atoms with Crippen molar-refractivity contribution >= 4 is 27.0 Å². The van der Waals surface area contributed by atoms with Crippen LogP contribution in [0.3, 0.4) is 0 Å². The summed E-state index contributed by atoms with van der Waals surface area (Å²) in [5.41, 5.74) is 2.60. The van der Waals surface area contributed by atoms with Gasteiger partial charge in [0.05, 0.1) is 17.1 Å². The van der Waals surface area contributed by atoms with Crippen LogP contribution in [0, 0.1) is 11.7 Å². The summed E-state index contributed by atoms with van der Waals surface area (Å²) in [6, 6.07) is 13.0. The van der Waals surface area contributed by atoms with E-state index in [4.69, 9.17) is 0 Å². The Hall–Kier alpha value is -1.72. The van der Waals surface area contributed by atoms with Crippen LogP contribution in [-0.2, 0) is 6.54 Å². The minimum Gasteiger partial charge on any atom is -0.341 e. The predicted molar refractivity (Wildman–Crippen MR) is 94.6 cm³/mol. The van der Waals surface area contributed by atoms with Crippen LogP contribution in [0.2, 0.25) is 0 Å². The number of halogens is 2. The summed E-state index contributed by atoms with van der Waals surface area (Å²) in [5, 5.41) is 3.43. The van der Waals surface area contributed by atoms with Gasteiger partial charge in [0.2, 0.25) is 0 Å². The number of aromatic amines is 1. The molecule has 3 rings (SSSR count). The number of rotatable bonds is 5. The van der Waals surface area contributed by atoms with Gasteiger partial charge in [-0.2, -0.15) is 0 Å². The molecule has 0 saturated carbocycles. The third-order valence-electron chi connectivity index (χ3n) is 3.89. The zero-order valence-electron chi connectivity index (χ0n) is 13.1. The molecule has 0 fully saturated rings. The summed E-state index contributed by atoms with van der Waals surface area (Å²) in [7, 11) is 0. The fourth-order valence-electron chi connectivity index (χ4n) is 2.67. The third-order valence-corrected chi connectivity index (χ3v) is 4.38. The molecule has 1 heterocycles. The fraction of sp³-hybridized carbons (Fsp3) is 0.278. The molecule has 1 unspecified atom stereocenters. The Labute approximate surface area is 143 Å². The van der Waals surface area contributed by atoms with Gasteiger partial charge in [0.1, 0.15) is 11.6 Å². The molecule has 3 nitrogen and oxygen atoms in total. The number of nitrogens with zero attached hydrogens (tertiary/aromatic N) is 1. The smallest absolute Gasteiger partial charge is 0.127 e. The first-order valence-electron chi connectivity index (χ1n) is 7.66. The topological polar surface area (TPSA) is 40.7 Å². The van der Waals surface area contributed by atoms with Crippen LogP contribution in [0.15, 0.2) is 46.9 Å². The van der Waals surface area contributed by atoms with E-state index in [0.717, 1.165) is 21.3 Å². The van der Waals surface area contributed by atoms with Crippen LogP contribution in [0.1, 0.15) is 31.3 Å². The van der Waals surface area contributed by atoms with E-state index < -0.39 is 0 Å². The Morgan fingerprint density at radius 1 is 1.22 bits per heavy atom. The predicted octanol–water partition coefficient (Wildman–Crippen LogP) is 4.95. The van der Waals surface area contributed by atoms with Crippen molar-refractivity contribution in [1.29, 1.82) is 0 Å². The highest BCUT2D eigenvalue weighted by molar-refractivity contribution is 9.10. The second-order valence-corrected chi connectivity index (χ2v) is 6.89. The molecule has 0 spiro atoms. The Bertz CT molecular complexity index is 780. The Kier molecular flexibility index (Phi) is 4.78.